The van der Waals surface area contributed by atoms with Gasteiger partial charge in [-0.1, -0.05) is 61.6 Å². The maximum atomic E-state index is 13.2. The molecule has 0 radical (unpaired) electrons. The van der Waals surface area contributed by atoms with Crippen LogP contribution in [0.2, 0.25) is 15.1 Å². The Kier molecular flexibility index (Phi) is 9.94. The highest BCUT2D eigenvalue weighted by atomic mass is 35.5. The number of amides is 2. The molecule has 0 spiro atoms. The first-order chi connectivity index (χ1) is 14.7. The number of benzene rings is 2. The number of ether oxygens (including phenoxy) is 1. The molecule has 0 aliphatic carbocycles. The molecule has 1 unspecified atom stereocenters. The second-order valence-corrected chi connectivity index (χ2v) is 8.78. The van der Waals surface area contributed by atoms with E-state index in [2.05, 4.69) is 5.32 Å². The van der Waals surface area contributed by atoms with Gasteiger partial charge in [-0.25, -0.2) is 0 Å². The number of rotatable bonds is 10. The third-order valence-electron chi connectivity index (χ3n) is 4.64. The number of nitrogens with one attached hydrogen (secondary N) is 1. The number of carbonyl (C=O) groups is 2. The number of hydrogen-bond donors (Lipinski definition) is 1. The lowest BCUT2D eigenvalue weighted by atomic mass is 10.1. The molecular formula is C23H27Cl3N2O3. The lowest BCUT2D eigenvalue weighted by Crippen LogP contribution is -2.50. The van der Waals surface area contributed by atoms with Gasteiger partial charge in [0.15, 0.2) is 6.61 Å². The van der Waals surface area contributed by atoms with Gasteiger partial charge < -0.3 is 15.0 Å². The standard InChI is InChI=1S/C23H27Cl3N2O3/c1-4-21(23(30)27-12-15(2)3)28(13-18-19(25)6-5-7-20(18)26)22(29)14-31-17-10-8-16(24)9-11-17/h5-11,15,21H,4,12-14H2,1-3H3,(H,27,30). The summed E-state index contributed by atoms with van der Waals surface area (Å²) in [6.07, 6.45) is 0.429. The van der Waals surface area contributed by atoms with Gasteiger partial charge >= 0.3 is 0 Å². The van der Waals surface area contributed by atoms with Crippen LogP contribution in [0, 0.1) is 5.92 Å². The van der Waals surface area contributed by atoms with Crippen LogP contribution in [0.15, 0.2) is 42.5 Å². The van der Waals surface area contributed by atoms with Crippen molar-refractivity contribution in [3.05, 3.63) is 63.1 Å². The molecule has 5 nitrogen and oxygen atoms in total. The van der Waals surface area contributed by atoms with E-state index in [0.717, 1.165) is 0 Å². The molecule has 0 aromatic heterocycles. The molecular weight excluding hydrogens is 459 g/mol. The van der Waals surface area contributed by atoms with Crippen molar-refractivity contribution in [3.8, 4) is 5.75 Å². The predicted molar refractivity (Wildman–Crippen MR) is 126 cm³/mol. The summed E-state index contributed by atoms with van der Waals surface area (Å²) >= 11 is 18.6. The fraction of sp³-hybridized carbons (Fsp3) is 0.391. The molecule has 1 N–H and O–H groups in total. The molecule has 0 aliphatic rings. The number of halogens is 3. The highest BCUT2D eigenvalue weighted by Crippen LogP contribution is 2.27. The SMILES string of the molecule is CCC(C(=O)NCC(C)C)N(Cc1c(Cl)cccc1Cl)C(=O)COc1ccc(Cl)cc1. The van der Waals surface area contributed by atoms with Crippen LogP contribution in [0.3, 0.4) is 0 Å². The summed E-state index contributed by atoms with van der Waals surface area (Å²) in [5.74, 6) is 0.222. The lowest BCUT2D eigenvalue weighted by Gasteiger charge is -2.31. The predicted octanol–water partition coefficient (Wildman–Crippen LogP) is 5.61. The van der Waals surface area contributed by atoms with Crippen LogP contribution >= 0.6 is 34.8 Å². The first kappa shape index (κ1) is 25.3. The van der Waals surface area contributed by atoms with Crippen molar-refractivity contribution in [2.75, 3.05) is 13.2 Å². The van der Waals surface area contributed by atoms with Gasteiger partial charge in [-0.2, -0.15) is 0 Å². The van der Waals surface area contributed by atoms with Gasteiger partial charge in [-0.3, -0.25) is 9.59 Å². The molecule has 168 valence electrons. The molecule has 8 heteroatoms. The van der Waals surface area contributed by atoms with Crippen LogP contribution < -0.4 is 10.1 Å². The second kappa shape index (κ2) is 12.2. The van der Waals surface area contributed by atoms with E-state index in [-0.39, 0.29) is 30.9 Å². The second-order valence-electron chi connectivity index (χ2n) is 7.53. The Morgan fingerprint density at radius 1 is 1.03 bits per heavy atom. The summed E-state index contributed by atoms with van der Waals surface area (Å²) < 4.78 is 5.63. The molecule has 2 aromatic carbocycles. The van der Waals surface area contributed by atoms with Crippen LogP contribution in [-0.2, 0) is 16.1 Å². The number of hydrogen-bond acceptors (Lipinski definition) is 3. The third kappa shape index (κ3) is 7.60. The average Bonchev–Trinajstić information content (AvgIpc) is 2.73. The molecule has 0 bridgehead atoms. The minimum absolute atomic E-state index is 0.0922. The van der Waals surface area contributed by atoms with Crippen LogP contribution in [0.5, 0.6) is 5.75 Å². The minimum atomic E-state index is -0.688. The third-order valence-corrected chi connectivity index (χ3v) is 5.60. The molecule has 0 fully saturated rings. The van der Waals surface area contributed by atoms with E-state index in [9.17, 15) is 9.59 Å². The largest absolute Gasteiger partial charge is 0.484 e. The maximum Gasteiger partial charge on any atom is 0.261 e. The Morgan fingerprint density at radius 2 is 1.65 bits per heavy atom. The van der Waals surface area contributed by atoms with Gasteiger partial charge in [0.1, 0.15) is 11.8 Å². The molecule has 2 rings (SSSR count). The van der Waals surface area contributed by atoms with Crippen LogP contribution in [0.1, 0.15) is 32.8 Å². The van der Waals surface area contributed by atoms with Crippen molar-refractivity contribution in [1.29, 1.82) is 0 Å². The molecule has 0 aliphatic heterocycles. The van der Waals surface area contributed by atoms with E-state index in [4.69, 9.17) is 39.5 Å². The zero-order valence-electron chi connectivity index (χ0n) is 17.8. The van der Waals surface area contributed by atoms with Gasteiger partial charge in [0.25, 0.3) is 5.91 Å². The Hall–Kier alpha value is -1.95. The monoisotopic (exact) mass is 484 g/mol. The molecule has 1 atom stereocenters. The van der Waals surface area contributed by atoms with Crippen molar-refractivity contribution in [3.63, 3.8) is 0 Å². The summed E-state index contributed by atoms with van der Waals surface area (Å²) in [7, 11) is 0. The van der Waals surface area contributed by atoms with Gasteiger partial charge in [-0.15, -0.1) is 0 Å². The zero-order valence-corrected chi connectivity index (χ0v) is 20.1. The van der Waals surface area contributed by atoms with Crippen molar-refractivity contribution in [1.82, 2.24) is 10.2 Å². The van der Waals surface area contributed by atoms with Crippen molar-refractivity contribution in [2.24, 2.45) is 5.92 Å². The number of nitrogens with zero attached hydrogens (tertiary/aromatic N) is 1. The maximum absolute atomic E-state index is 13.2. The van der Waals surface area contributed by atoms with Gasteiger partial charge in [0.05, 0.1) is 0 Å². The normalized spacial score (nSPS) is 11.8. The Labute approximate surface area is 198 Å². The highest BCUT2D eigenvalue weighted by Gasteiger charge is 2.30. The topological polar surface area (TPSA) is 58.6 Å². The fourth-order valence-corrected chi connectivity index (χ4v) is 3.60. The Balaban J connectivity index is 2.25. The molecule has 0 saturated carbocycles. The van der Waals surface area contributed by atoms with Crippen LogP contribution in [-0.4, -0.2) is 35.9 Å². The van der Waals surface area contributed by atoms with E-state index in [1.54, 1.807) is 42.5 Å². The van der Waals surface area contributed by atoms with Gasteiger partial charge in [0, 0.05) is 33.7 Å². The van der Waals surface area contributed by atoms with E-state index in [1.165, 1.54) is 4.90 Å². The smallest absolute Gasteiger partial charge is 0.261 e. The van der Waals surface area contributed by atoms with E-state index in [0.29, 0.717) is 39.3 Å². The fourth-order valence-electron chi connectivity index (χ4n) is 2.95. The van der Waals surface area contributed by atoms with Gasteiger partial charge in [-0.05, 0) is 48.7 Å². The van der Waals surface area contributed by atoms with Crippen molar-refractivity contribution >= 4 is 46.6 Å². The van der Waals surface area contributed by atoms with E-state index >= 15 is 0 Å². The molecule has 2 amide bonds. The van der Waals surface area contributed by atoms with Crippen molar-refractivity contribution in [2.45, 2.75) is 39.8 Å². The van der Waals surface area contributed by atoms with E-state index in [1.807, 2.05) is 20.8 Å². The number of carbonyl (C=O) groups excluding carboxylic acids is 2. The first-order valence-electron chi connectivity index (χ1n) is 10.1. The van der Waals surface area contributed by atoms with Crippen LogP contribution in [0.25, 0.3) is 0 Å². The molecule has 31 heavy (non-hydrogen) atoms. The molecule has 0 heterocycles. The lowest BCUT2D eigenvalue weighted by molar-refractivity contribution is -0.143. The minimum Gasteiger partial charge on any atom is -0.484 e. The van der Waals surface area contributed by atoms with Crippen LogP contribution in [0.4, 0.5) is 0 Å². The summed E-state index contributed by atoms with van der Waals surface area (Å²) in [4.78, 5) is 27.5. The Bertz CT molecular complexity index is 868. The first-order valence-corrected chi connectivity index (χ1v) is 11.2. The summed E-state index contributed by atoms with van der Waals surface area (Å²) in [5, 5.41) is 4.34. The van der Waals surface area contributed by atoms with E-state index < -0.39 is 6.04 Å². The summed E-state index contributed by atoms with van der Waals surface area (Å²) in [5.41, 5.74) is 0.584. The summed E-state index contributed by atoms with van der Waals surface area (Å²) in [6.45, 7) is 6.24. The van der Waals surface area contributed by atoms with Crippen molar-refractivity contribution < 1.29 is 14.3 Å². The molecule has 2 aromatic rings. The highest BCUT2D eigenvalue weighted by molar-refractivity contribution is 6.36. The van der Waals surface area contributed by atoms with Gasteiger partial charge in [0.2, 0.25) is 5.91 Å². The molecule has 0 saturated heterocycles. The average molecular weight is 486 g/mol. The summed E-state index contributed by atoms with van der Waals surface area (Å²) in [6, 6.07) is 11.2. The zero-order chi connectivity index (χ0) is 23.0. The Morgan fingerprint density at radius 3 is 2.19 bits per heavy atom. The quantitative estimate of drug-likeness (QED) is 0.476.